The van der Waals surface area contributed by atoms with Crippen LogP contribution in [0.2, 0.25) is 0 Å². The maximum Gasteiger partial charge on any atom is 0.165 e. The molecule has 3 aromatic heterocycles. The van der Waals surface area contributed by atoms with Crippen molar-refractivity contribution >= 4 is 17.0 Å². The summed E-state index contributed by atoms with van der Waals surface area (Å²) in [6.07, 6.45) is 5.38. The number of aromatic nitrogens is 6. The van der Waals surface area contributed by atoms with Gasteiger partial charge in [-0.25, -0.2) is 15.0 Å². The van der Waals surface area contributed by atoms with Crippen LogP contribution in [0.1, 0.15) is 5.56 Å². The van der Waals surface area contributed by atoms with E-state index in [0.29, 0.717) is 0 Å². The van der Waals surface area contributed by atoms with E-state index in [-0.39, 0.29) is 0 Å². The van der Waals surface area contributed by atoms with Gasteiger partial charge in [-0.15, -0.1) is 5.06 Å². The molecule has 1 aliphatic heterocycles. The average Bonchev–Trinajstić information content (AvgIpc) is 3.33. The number of hydrogen-bond donors (Lipinski definition) is 0. The van der Waals surface area contributed by atoms with Crippen molar-refractivity contribution in [3.05, 3.63) is 48.5 Å². The summed E-state index contributed by atoms with van der Waals surface area (Å²) in [6.45, 7) is 5.24. The van der Waals surface area contributed by atoms with Crippen molar-refractivity contribution in [3.8, 4) is 17.1 Å². The largest absolute Gasteiger partial charge is 0.406 e. The van der Waals surface area contributed by atoms with Crippen LogP contribution >= 0.6 is 0 Å². The number of fused-ring (bicyclic) bond motifs is 1. The summed E-state index contributed by atoms with van der Waals surface area (Å²) in [6, 6.07) is 8.13. The number of nitrogens with zero attached hydrogens (tertiary/aromatic N) is 8. The summed E-state index contributed by atoms with van der Waals surface area (Å²) in [5.74, 6) is 2.56. The van der Waals surface area contributed by atoms with E-state index in [2.05, 4.69) is 39.0 Å². The number of hydrogen-bond acceptors (Lipinski definition) is 7. The third-order valence-electron chi connectivity index (χ3n) is 5.39. The number of hydroxylamine groups is 2. The molecule has 1 aliphatic rings. The highest BCUT2D eigenvalue weighted by Gasteiger charge is 2.24. The van der Waals surface area contributed by atoms with E-state index in [1.807, 2.05) is 48.3 Å². The molecule has 30 heavy (non-hydrogen) atoms. The van der Waals surface area contributed by atoms with E-state index in [1.165, 1.54) is 5.56 Å². The van der Waals surface area contributed by atoms with Gasteiger partial charge in [0.1, 0.15) is 17.9 Å². The molecule has 154 valence electrons. The first-order chi connectivity index (χ1) is 14.6. The Morgan fingerprint density at radius 2 is 1.73 bits per heavy atom. The van der Waals surface area contributed by atoms with E-state index in [0.717, 1.165) is 60.3 Å². The predicted octanol–water partition coefficient (Wildman–Crippen LogP) is 2.19. The van der Waals surface area contributed by atoms with Gasteiger partial charge in [0.2, 0.25) is 0 Å². The van der Waals surface area contributed by atoms with Crippen molar-refractivity contribution in [2.24, 2.45) is 14.1 Å². The number of anilines is 1. The molecule has 0 spiro atoms. The molecule has 4 aromatic rings. The Morgan fingerprint density at radius 1 is 0.967 bits per heavy atom. The van der Waals surface area contributed by atoms with E-state index in [9.17, 15) is 0 Å². The molecule has 0 atom stereocenters. The standard InChI is InChI=1S/C21H24N8O/c1-15-4-6-17(7-5-15)30-29-10-8-28(9-11-29)21-18-20(22-14-23-21)27(3)19(25-18)16-12-24-26(2)13-16/h4-7,12-14H,8-11H2,1-3H3. The van der Waals surface area contributed by atoms with E-state index in [1.54, 1.807) is 11.0 Å². The van der Waals surface area contributed by atoms with Gasteiger partial charge in [-0.3, -0.25) is 4.68 Å². The monoisotopic (exact) mass is 404 g/mol. The molecule has 0 N–H and O–H groups in total. The Labute approximate surface area is 174 Å². The molecule has 0 saturated carbocycles. The highest BCUT2D eigenvalue weighted by Crippen LogP contribution is 2.28. The van der Waals surface area contributed by atoms with Crippen molar-refractivity contribution in [1.82, 2.24) is 34.4 Å². The lowest BCUT2D eigenvalue weighted by molar-refractivity contribution is -0.0620. The van der Waals surface area contributed by atoms with Crippen LogP contribution < -0.4 is 9.74 Å². The third-order valence-corrected chi connectivity index (χ3v) is 5.39. The van der Waals surface area contributed by atoms with E-state index in [4.69, 9.17) is 9.82 Å². The molecule has 9 nitrogen and oxygen atoms in total. The molecule has 9 heteroatoms. The van der Waals surface area contributed by atoms with Crippen molar-refractivity contribution in [1.29, 1.82) is 0 Å². The quantitative estimate of drug-likeness (QED) is 0.516. The number of benzene rings is 1. The third kappa shape index (κ3) is 3.37. The Morgan fingerprint density at radius 3 is 2.43 bits per heavy atom. The molecule has 1 fully saturated rings. The SMILES string of the molecule is Cc1ccc(ON2CCN(c3ncnc4c3nc(-c3cnn(C)c3)n4C)CC2)cc1. The van der Waals surface area contributed by atoms with Gasteiger partial charge in [-0.2, -0.15) is 5.10 Å². The molecule has 0 amide bonds. The molecule has 0 bridgehead atoms. The zero-order valence-electron chi connectivity index (χ0n) is 17.4. The maximum atomic E-state index is 6.01. The summed E-state index contributed by atoms with van der Waals surface area (Å²) in [5.41, 5.74) is 3.81. The lowest BCUT2D eigenvalue weighted by atomic mass is 10.2. The smallest absolute Gasteiger partial charge is 0.165 e. The first-order valence-electron chi connectivity index (χ1n) is 9.99. The van der Waals surface area contributed by atoms with Crippen molar-refractivity contribution in [3.63, 3.8) is 0 Å². The van der Waals surface area contributed by atoms with Gasteiger partial charge >= 0.3 is 0 Å². The molecule has 0 unspecified atom stereocenters. The van der Waals surface area contributed by atoms with Gasteiger partial charge in [0, 0.05) is 33.4 Å². The zero-order chi connectivity index (χ0) is 20.7. The minimum atomic E-state index is 0.779. The fourth-order valence-electron chi connectivity index (χ4n) is 3.75. The molecule has 0 aliphatic carbocycles. The van der Waals surface area contributed by atoms with Crippen molar-refractivity contribution in [2.75, 3.05) is 31.1 Å². The van der Waals surface area contributed by atoms with Crippen LogP contribution in [0.4, 0.5) is 5.82 Å². The minimum absolute atomic E-state index is 0.779. The second kappa shape index (κ2) is 7.42. The zero-order valence-corrected chi connectivity index (χ0v) is 17.4. The Bertz CT molecular complexity index is 1170. The van der Waals surface area contributed by atoms with Gasteiger partial charge in [-0.1, -0.05) is 17.7 Å². The van der Waals surface area contributed by atoms with Gasteiger partial charge in [0.05, 0.1) is 24.8 Å². The molecule has 4 heterocycles. The van der Waals surface area contributed by atoms with Gasteiger partial charge in [-0.05, 0) is 19.1 Å². The van der Waals surface area contributed by atoms with Crippen LogP contribution in [0.5, 0.6) is 5.75 Å². The number of rotatable bonds is 4. The van der Waals surface area contributed by atoms with Gasteiger partial charge in [0.25, 0.3) is 0 Å². The van der Waals surface area contributed by atoms with Crippen molar-refractivity contribution < 1.29 is 4.84 Å². The Balaban J connectivity index is 1.36. The van der Waals surface area contributed by atoms with Crippen LogP contribution in [0.3, 0.4) is 0 Å². The average molecular weight is 404 g/mol. The Kier molecular flexibility index (Phi) is 4.59. The molecule has 1 saturated heterocycles. The second-order valence-corrected chi connectivity index (χ2v) is 7.59. The lowest BCUT2D eigenvalue weighted by Gasteiger charge is -2.34. The fourth-order valence-corrected chi connectivity index (χ4v) is 3.75. The highest BCUT2D eigenvalue weighted by atomic mass is 16.7. The minimum Gasteiger partial charge on any atom is -0.406 e. The first-order valence-corrected chi connectivity index (χ1v) is 9.99. The first kappa shape index (κ1) is 18.6. The molecule has 1 aromatic carbocycles. The highest BCUT2D eigenvalue weighted by molar-refractivity contribution is 5.86. The van der Waals surface area contributed by atoms with Gasteiger partial charge < -0.3 is 14.3 Å². The van der Waals surface area contributed by atoms with Crippen LogP contribution in [0.15, 0.2) is 43.0 Å². The van der Waals surface area contributed by atoms with Crippen LogP contribution in [-0.4, -0.2) is 60.5 Å². The van der Waals surface area contributed by atoms with Crippen LogP contribution in [0, 0.1) is 6.92 Å². The normalized spacial score (nSPS) is 15.1. The molecular formula is C21H24N8O. The Hall–Kier alpha value is -3.46. The summed E-state index contributed by atoms with van der Waals surface area (Å²) in [4.78, 5) is 22.2. The van der Waals surface area contributed by atoms with Crippen molar-refractivity contribution in [2.45, 2.75) is 6.92 Å². The number of piperazine rings is 1. The summed E-state index contributed by atoms with van der Waals surface area (Å²) in [5, 5.41) is 6.26. The summed E-state index contributed by atoms with van der Waals surface area (Å²) >= 11 is 0. The van der Waals surface area contributed by atoms with E-state index >= 15 is 0 Å². The number of aryl methyl sites for hydroxylation is 3. The molecule has 0 radical (unpaired) electrons. The second-order valence-electron chi connectivity index (χ2n) is 7.59. The fraction of sp³-hybridized carbons (Fsp3) is 0.333. The maximum absolute atomic E-state index is 6.01. The predicted molar refractivity (Wildman–Crippen MR) is 114 cm³/mol. The molecule has 5 rings (SSSR count). The summed E-state index contributed by atoms with van der Waals surface area (Å²) in [7, 11) is 3.87. The summed E-state index contributed by atoms with van der Waals surface area (Å²) < 4.78 is 3.77. The lowest BCUT2D eigenvalue weighted by Crippen LogP contribution is -2.48. The molecular weight excluding hydrogens is 380 g/mol. The van der Waals surface area contributed by atoms with E-state index < -0.39 is 0 Å². The van der Waals surface area contributed by atoms with Gasteiger partial charge in [0.15, 0.2) is 17.0 Å². The van der Waals surface area contributed by atoms with Crippen LogP contribution in [0.25, 0.3) is 22.6 Å². The van der Waals surface area contributed by atoms with Crippen LogP contribution in [-0.2, 0) is 14.1 Å². The number of imidazole rings is 1. The topological polar surface area (TPSA) is 77.1 Å².